The van der Waals surface area contributed by atoms with Crippen LogP contribution in [0.15, 0.2) is 36.4 Å². The van der Waals surface area contributed by atoms with Crippen LogP contribution in [0.1, 0.15) is 41.6 Å². The van der Waals surface area contributed by atoms with Gasteiger partial charge in [-0.25, -0.2) is 0 Å². The van der Waals surface area contributed by atoms with E-state index in [0.29, 0.717) is 11.6 Å². The molecule has 2 amide bonds. The van der Waals surface area contributed by atoms with Crippen molar-refractivity contribution in [2.24, 2.45) is 5.73 Å². The zero-order valence-electron chi connectivity index (χ0n) is 15.6. The van der Waals surface area contributed by atoms with Gasteiger partial charge in [0.25, 0.3) is 5.91 Å². The minimum absolute atomic E-state index is 0.000788. The number of thiophene rings is 1. The SMILES string of the molecule is Cc1sc(NC(=O)/C=C/C(=O)[O-])c(C(N)=O)c1-c1ccc(C(C)(C)C)cc1. The first kappa shape index (κ1) is 20.4. The molecule has 2 aromatic rings. The maximum Gasteiger partial charge on any atom is 0.252 e. The van der Waals surface area contributed by atoms with Crippen LogP contribution in [0, 0.1) is 6.92 Å². The van der Waals surface area contributed by atoms with Crippen LogP contribution < -0.4 is 16.2 Å². The summed E-state index contributed by atoms with van der Waals surface area (Å²) < 4.78 is 0. The van der Waals surface area contributed by atoms with Crippen molar-refractivity contribution in [3.8, 4) is 11.1 Å². The first-order valence-electron chi connectivity index (χ1n) is 8.25. The Balaban J connectivity index is 2.46. The van der Waals surface area contributed by atoms with Gasteiger partial charge in [0.15, 0.2) is 0 Å². The van der Waals surface area contributed by atoms with E-state index in [2.05, 4.69) is 26.1 Å². The summed E-state index contributed by atoms with van der Waals surface area (Å²) in [7, 11) is 0. The Morgan fingerprint density at radius 2 is 1.70 bits per heavy atom. The lowest BCUT2D eigenvalue weighted by atomic mass is 9.86. The number of amides is 2. The molecular weight excluding hydrogens is 364 g/mol. The number of hydrogen-bond donors (Lipinski definition) is 2. The molecule has 142 valence electrons. The molecule has 0 bridgehead atoms. The van der Waals surface area contributed by atoms with Gasteiger partial charge in [-0.05, 0) is 29.5 Å². The van der Waals surface area contributed by atoms with Crippen molar-refractivity contribution in [3.05, 3.63) is 52.4 Å². The summed E-state index contributed by atoms with van der Waals surface area (Å²) in [6.07, 6.45) is 1.44. The van der Waals surface area contributed by atoms with Crippen LogP contribution in [-0.4, -0.2) is 17.8 Å². The molecule has 0 saturated carbocycles. The van der Waals surface area contributed by atoms with Crippen LogP contribution in [0.3, 0.4) is 0 Å². The molecule has 27 heavy (non-hydrogen) atoms. The first-order valence-corrected chi connectivity index (χ1v) is 9.06. The Labute approximate surface area is 161 Å². The molecule has 2 rings (SSSR count). The van der Waals surface area contributed by atoms with Crippen LogP contribution in [0.2, 0.25) is 0 Å². The topological polar surface area (TPSA) is 112 Å². The lowest BCUT2D eigenvalue weighted by Gasteiger charge is -2.19. The fourth-order valence-corrected chi connectivity index (χ4v) is 3.73. The second-order valence-electron chi connectivity index (χ2n) is 7.07. The summed E-state index contributed by atoms with van der Waals surface area (Å²) in [5.41, 5.74) is 8.39. The quantitative estimate of drug-likeness (QED) is 0.769. The summed E-state index contributed by atoms with van der Waals surface area (Å²) in [6, 6.07) is 7.84. The van der Waals surface area contributed by atoms with Gasteiger partial charge in [0.2, 0.25) is 5.91 Å². The molecule has 1 aromatic heterocycles. The standard InChI is InChI=1S/C20H22N2O4S/c1-11-16(12-5-7-13(8-6-12)20(2,3)4)17(18(21)26)19(27-11)22-14(23)9-10-15(24)25/h5-10H,1-4H3,(H2,21,26)(H,22,23)(H,24,25)/p-1/b10-9+. The number of primary amides is 1. The normalized spacial score (nSPS) is 11.6. The minimum Gasteiger partial charge on any atom is -0.545 e. The Bertz CT molecular complexity index is 919. The van der Waals surface area contributed by atoms with E-state index in [1.165, 1.54) is 11.3 Å². The Kier molecular flexibility index (Phi) is 5.85. The number of carbonyl (C=O) groups excluding carboxylic acids is 3. The second kappa shape index (κ2) is 7.75. The van der Waals surface area contributed by atoms with Crippen molar-refractivity contribution in [2.45, 2.75) is 33.1 Å². The fourth-order valence-electron chi connectivity index (χ4n) is 2.65. The highest BCUT2D eigenvalue weighted by molar-refractivity contribution is 7.17. The van der Waals surface area contributed by atoms with E-state index < -0.39 is 17.8 Å². The summed E-state index contributed by atoms with van der Waals surface area (Å²) in [6.45, 7) is 8.16. The third-order valence-electron chi connectivity index (χ3n) is 3.98. The zero-order valence-corrected chi connectivity index (χ0v) is 16.4. The molecule has 0 aliphatic carbocycles. The highest BCUT2D eigenvalue weighted by Crippen LogP contribution is 2.40. The zero-order chi connectivity index (χ0) is 20.4. The van der Waals surface area contributed by atoms with E-state index in [0.717, 1.165) is 22.1 Å². The minimum atomic E-state index is -1.48. The summed E-state index contributed by atoms with van der Waals surface area (Å²) >= 11 is 1.21. The third-order valence-corrected chi connectivity index (χ3v) is 5.00. The van der Waals surface area contributed by atoms with Gasteiger partial charge >= 0.3 is 0 Å². The number of aliphatic carboxylic acids is 1. The van der Waals surface area contributed by atoms with Gasteiger partial charge in [-0.3, -0.25) is 9.59 Å². The van der Waals surface area contributed by atoms with Crippen LogP contribution in [0.25, 0.3) is 11.1 Å². The predicted octanol–water partition coefficient (Wildman–Crippen LogP) is 2.36. The Morgan fingerprint density at radius 1 is 1.11 bits per heavy atom. The van der Waals surface area contributed by atoms with Crippen molar-refractivity contribution in [1.29, 1.82) is 0 Å². The number of nitrogens with one attached hydrogen (secondary N) is 1. The molecule has 0 unspecified atom stereocenters. The van der Waals surface area contributed by atoms with Gasteiger partial charge in [0.05, 0.1) is 11.5 Å². The summed E-state index contributed by atoms with van der Waals surface area (Å²) in [5.74, 6) is -2.84. The van der Waals surface area contributed by atoms with Gasteiger partial charge in [-0.15, -0.1) is 11.3 Å². The number of carbonyl (C=O) groups is 3. The van der Waals surface area contributed by atoms with Crippen molar-refractivity contribution in [3.63, 3.8) is 0 Å². The molecule has 0 radical (unpaired) electrons. The average molecular weight is 385 g/mol. The predicted molar refractivity (Wildman–Crippen MR) is 104 cm³/mol. The van der Waals surface area contributed by atoms with Crippen LogP contribution in [-0.2, 0) is 15.0 Å². The van der Waals surface area contributed by atoms with Crippen molar-refractivity contribution < 1.29 is 19.5 Å². The van der Waals surface area contributed by atoms with E-state index in [1.807, 2.05) is 31.2 Å². The van der Waals surface area contributed by atoms with Gasteiger partial charge in [0.1, 0.15) is 5.00 Å². The van der Waals surface area contributed by atoms with Crippen molar-refractivity contribution in [1.82, 2.24) is 0 Å². The van der Waals surface area contributed by atoms with Crippen molar-refractivity contribution >= 4 is 34.1 Å². The molecular formula is C20H21N2O4S-. The molecule has 0 atom stereocenters. The lowest BCUT2D eigenvalue weighted by molar-refractivity contribution is -0.297. The third kappa shape index (κ3) is 4.83. The lowest BCUT2D eigenvalue weighted by Crippen LogP contribution is -2.20. The van der Waals surface area contributed by atoms with Gasteiger partial charge < -0.3 is 21.0 Å². The van der Waals surface area contributed by atoms with E-state index in [-0.39, 0.29) is 16.0 Å². The molecule has 0 aliphatic rings. The molecule has 0 spiro atoms. The number of anilines is 1. The second-order valence-corrected chi connectivity index (χ2v) is 8.30. The van der Waals surface area contributed by atoms with Crippen LogP contribution >= 0.6 is 11.3 Å². The number of hydrogen-bond acceptors (Lipinski definition) is 5. The molecule has 0 saturated heterocycles. The molecule has 6 nitrogen and oxygen atoms in total. The van der Waals surface area contributed by atoms with Gasteiger partial charge in [-0.2, -0.15) is 0 Å². The number of aryl methyl sites for hydroxylation is 1. The largest absolute Gasteiger partial charge is 0.545 e. The molecule has 3 N–H and O–H groups in total. The highest BCUT2D eigenvalue weighted by atomic mass is 32.1. The number of carboxylic acids is 1. The number of benzene rings is 1. The van der Waals surface area contributed by atoms with E-state index >= 15 is 0 Å². The van der Waals surface area contributed by atoms with Gasteiger partial charge in [-0.1, -0.05) is 45.0 Å². The highest BCUT2D eigenvalue weighted by Gasteiger charge is 2.23. The van der Waals surface area contributed by atoms with Gasteiger partial charge in [0, 0.05) is 16.5 Å². The Morgan fingerprint density at radius 3 is 2.19 bits per heavy atom. The first-order chi connectivity index (χ1) is 12.5. The summed E-state index contributed by atoms with van der Waals surface area (Å²) in [4.78, 5) is 35.2. The number of rotatable bonds is 5. The molecule has 1 heterocycles. The average Bonchev–Trinajstić information content (AvgIpc) is 2.88. The maximum atomic E-state index is 12.1. The van der Waals surface area contributed by atoms with E-state index in [9.17, 15) is 19.5 Å². The summed E-state index contributed by atoms with van der Waals surface area (Å²) in [5, 5.41) is 13.2. The Hall–Kier alpha value is -2.93. The van der Waals surface area contributed by atoms with Crippen molar-refractivity contribution in [2.75, 3.05) is 5.32 Å². The maximum absolute atomic E-state index is 12.1. The molecule has 0 aliphatic heterocycles. The molecule has 0 fully saturated rings. The van der Waals surface area contributed by atoms with E-state index in [1.54, 1.807) is 0 Å². The number of carboxylic acid groups (broad SMARTS) is 1. The monoisotopic (exact) mass is 385 g/mol. The molecule has 7 heteroatoms. The number of nitrogens with two attached hydrogens (primary N) is 1. The van der Waals surface area contributed by atoms with E-state index in [4.69, 9.17) is 5.73 Å². The fraction of sp³-hybridized carbons (Fsp3) is 0.250. The smallest absolute Gasteiger partial charge is 0.252 e. The van der Waals surface area contributed by atoms with Crippen LogP contribution in [0.4, 0.5) is 5.00 Å². The van der Waals surface area contributed by atoms with Crippen LogP contribution in [0.5, 0.6) is 0 Å². The molecule has 1 aromatic carbocycles.